The standard InChI is InChI=1S/C12H25N3O2S/c1-5-10-15(11-6-2)18(16,17)14(4)12-8-9-13-7-3/h1,13H,6-12H2,2-4H3. The SMILES string of the molecule is C#CCN(CCC)S(=O)(=O)N(C)CCCNCC. The first kappa shape index (κ1) is 17.4. The fourth-order valence-electron chi connectivity index (χ4n) is 1.54. The molecule has 0 radical (unpaired) electrons. The summed E-state index contributed by atoms with van der Waals surface area (Å²) in [6.45, 7) is 6.77. The second kappa shape index (κ2) is 9.34. The van der Waals surface area contributed by atoms with Gasteiger partial charge in [-0.15, -0.1) is 6.42 Å². The molecule has 0 heterocycles. The van der Waals surface area contributed by atoms with E-state index < -0.39 is 10.2 Å². The maximum atomic E-state index is 12.2. The second-order valence-electron chi connectivity index (χ2n) is 4.07. The summed E-state index contributed by atoms with van der Waals surface area (Å²) in [4.78, 5) is 0. The van der Waals surface area contributed by atoms with Crippen molar-refractivity contribution in [3.05, 3.63) is 0 Å². The van der Waals surface area contributed by atoms with Gasteiger partial charge in [0, 0.05) is 20.1 Å². The smallest absolute Gasteiger partial charge is 0.282 e. The van der Waals surface area contributed by atoms with Crippen LogP contribution in [0.15, 0.2) is 0 Å². The zero-order valence-corrected chi connectivity index (χ0v) is 12.5. The summed E-state index contributed by atoms with van der Waals surface area (Å²) >= 11 is 0. The molecule has 6 heteroatoms. The van der Waals surface area contributed by atoms with Crippen LogP contribution in [0.4, 0.5) is 0 Å². The minimum Gasteiger partial charge on any atom is -0.317 e. The van der Waals surface area contributed by atoms with Gasteiger partial charge in [-0.2, -0.15) is 17.0 Å². The minimum atomic E-state index is -3.42. The number of nitrogens with zero attached hydrogens (tertiary/aromatic N) is 2. The van der Waals surface area contributed by atoms with Gasteiger partial charge < -0.3 is 5.32 Å². The normalized spacial score (nSPS) is 12.0. The first-order chi connectivity index (χ1) is 8.50. The van der Waals surface area contributed by atoms with Gasteiger partial charge in [-0.1, -0.05) is 19.8 Å². The van der Waals surface area contributed by atoms with E-state index in [0.717, 1.165) is 25.9 Å². The van der Waals surface area contributed by atoms with E-state index in [0.29, 0.717) is 13.1 Å². The molecule has 0 saturated heterocycles. The highest BCUT2D eigenvalue weighted by Crippen LogP contribution is 2.07. The van der Waals surface area contributed by atoms with Gasteiger partial charge in [0.15, 0.2) is 0 Å². The van der Waals surface area contributed by atoms with Gasteiger partial charge in [-0.25, -0.2) is 0 Å². The molecule has 0 unspecified atom stereocenters. The molecule has 18 heavy (non-hydrogen) atoms. The van der Waals surface area contributed by atoms with Gasteiger partial charge >= 0.3 is 0 Å². The Bertz CT molecular complexity index is 349. The van der Waals surface area contributed by atoms with Crippen LogP contribution in [0, 0.1) is 12.3 Å². The van der Waals surface area contributed by atoms with Crippen molar-refractivity contribution >= 4 is 10.2 Å². The van der Waals surface area contributed by atoms with Gasteiger partial charge in [0.25, 0.3) is 10.2 Å². The summed E-state index contributed by atoms with van der Waals surface area (Å²) in [6.07, 6.45) is 6.76. The molecule has 0 aliphatic carbocycles. The predicted octanol–water partition coefficient (Wildman–Crippen LogP) is 0.508. The first-order valence-corrected chi connectivity index (χ1v) is 7.75. The van der Waals surface area contributed by atoms with E-state index in [1.807, 2.05) is 13.8 Å². The van der Waals surface area contributed by atoms with Crippen LogP contribution in [0.3, 0.4) is 0 Å². The average Bonchev–Trinajstić information content (AvgIpc) is 2.34. The summed E-state index contributed by atoms with van der Waals surface area (Å²) in [7, 11) is -1.82. The van der Waals surface area contributed by atoms with E-state index in [1.54, 1.807) is 7.05 Å². The molecule has 0 aromatic heterocycles. The Balaban J connectivity index is 4.43. The summed E-state index contributed by atoms with van der Waals surface area (Å²) in [5.41, 5.74) is 0. The van der Waals surface area contributed by atoms with Crippen molar-refractivity contribution in [2.45, 2.75) is 26.7 Å². The quantitative estimate of drug-likeness (QED) is 0.467. The molecule has 0 aliphatic heterocycles. The highest BCUT2D eigenvalue weighted by Gasteiger charge is 2.24. The van der Waals surface area contributed by atoms with Gasteiger partial charge in [0.05, 0.1) is 6.54 Å². The van der Waals surface area contributed by atoms with Crippen molar-refractivity contribution < 1.29 is 8.42 Å². The van der Waals surface area contributed by atoms with Crippen LogP contribution < -0.4 is 5.32 Å². The van der Waals surface area contributed by atoms with Crippen LogP contribution >= 0.6 is 0 Å². The third-order valence-corrected chi connectivity index (χ3v) is 4.47. The fourth-order valence-corrected chi connectivity index (χ4v) is 2.95. The van der Waals surface area contributed by atoms with Crippen molar-refractivity contribution in [2.75, 3.05) is 39.8 Å². The van der Waals surface area contributed by atoms with E-state index in [2.05, 4.69) is 11.2 Å². The molecule has 0 spiro atoms. The predicted molar refractivity (Wildman–Crippen MR) is 75.4 cm³/mol. The van der Waals surface area contributed by atoms with E-state index in [1.165, 1.54) is 8.61 Å². The Kier molecular flexibility index (Phi) is 9.02. The summed E-state index contributed by atoms with van der Waals surface area (Å²) in [5, 5.41) is 3.17. The van der Waals surface area contributed by atoms with Crippen LogP contribution in [0.2, 0.25) is 0 Å². The van der Waals surface area contributed by atoms with Crippen molar-refractivity contribution in [1.29, 1.82) is 0 Å². The molecular formula is C12H25N3O2S. The van der Waals surface area contributed by atoms with Gasteiger partial charge in [0.2, 0.25) is 0 Å². The molecule has 106 valence electrons. The van der Waals surface area contributed by atoms with Crippen molar-refractivity contribution in [3.8, 4) is 12.3 Å². The molecule has 0 aliphatic rings. The van der Waals surface area contributed by atoms with Crippen LogP contribution in [-0.2, 0) is 10.2 Å². The Hall–Kier alpha value is -0.610. The summed E-state index contributed by atoms with van der Waals surface area (Å²) in [6, 6.07) is 0. The molecule has 0 atom stereocenters. The lowest BCUT2D eigenvalue weighted by molar-refractivity contribution is 0.374. The minimum absolute atomic E-state index is 0.133. The molecule has 5 nitrogen and oxygen atoms in total. The lowest BCUT2D eigenvalue weighted by atomic mass is 10.4. The Labute approximate surface area is 112 Å². The highest BCUT2D eigenvalue weighted by molar-refractivity contribution is 7.86. The Morgan fingerprint density at radius 2 is 1.94 bits per heavy atom. The van der Waals surface area contributed by atoms with Crippen molar-refractivity contribution in [3.63, 3.8) is 0 Å². The second-order valence-corrected chi connectivity index (χ2v) is 6.11. The lowest BCUT2D eigenvalue weighted by Gasteiger charge is -2.25. The summed E-state index contributed by atoms with van der Waals surface area (Å²) in [5.74, 6) is 2.40. The maximum absolute atomic E-state index is 12.2. The van der Waals surface area contributed by atoms with Crippen LogP contribution in [0.1, 0.15) is 26.7 Å². The topological polar surface area (TPSA) is 52.7 Å². The van der Waals surface area contributed by atoms with Crippen molar-refractivity contribution in [1.82, 2.24) is 13.9 Å². The highest BCUT2D eigenvalue weighted by atomic mass is 32.2. The Morgan fingerprint density at radius 3 is 2.44 bits per heavy atom. The Morgan fingerprint density at radius 1 is 1.28 bits per heavy atom. The average molecular weight is 275 g/mol. The molecule has 0 saturated carbocycles. The third-order valence-electron chi connectivity index (χ3n) is 2.54. The first-order valence-electron chi connectivity index (χ1n) is 6.36. The van der Waals surface area contributed by atoms with E-state index in [-0.39, 0.29) is 6.54 Å². The molecule has 0 bridgehead atoms. The number of hydrogen-bond acceptors (Lipinski definition) is 3. The number of terminal acetylenes is 1. The van der Waals surface area contributed by atoms with Crippen LogP contribution in [0.5, 0.6) is 0 Å². The van der Waals surface area contributed by atoms with Crippen LogP contribution in [0.25, 0.3) is 0 Å². The van der Waals surface area contributed by atoms with Crippen molar-refractivity contribution in [2.24, 2.45) is 0 Å². The molecule has 0 fully saturated rings. The number of nitrogens with one attached hydrogen (secondary N) is 1. The molecule has 0 rings (SSSR count). The number of rotatable bonds is 10. The van der Waals surface area contributed by atoms with E-state index in [4.69, 9.17) is 6.42 Å². The molecule has 0 aromatic carbocycles. The van der Waals surface area contributed by atoms with E-state index >= 15 is 0 Å². The van der Waals surface area contributed by atoms with Gasteiger partial charge in [-0.3, -0.25) is 0 Å². The summed E-state index contributed by atoms with van der Waals surface area (Å²) < 4.78 is 27.1. The monoisotopic (exact) mass is 275 g/mol. The van der Waals surface area contributed by atoms with Gasteiger partial charge in [0.1, 0.15) is 0 Å². The van der Waals surface area contributed by atoms with Gasteiger partial charge in [-0.05, 0) is 25.9 Å². The zero-order chi connectivity index (χ0) is 14.0. The lowest BCUT2D eigenvalue weighted by Crippen LogP contribution is -2.43. The van der Waals surface area contributed by atoms with E-state index in [9.17, 15) is 8.42 Å². The molecule has 0 aromatic rings. The largest absolute Gasteiger partial charge is 0.317 e. The molecular weight excluding hydrogens is 250 g/mol. The van der Waals surface area contributed by atoms with Crippen LogP contribution in [-0.4, -0.2) is 56.8 Å². The maximum Gasteiger partial charge on any atom is 0.282 e. The zero-order valence-electron chi connectivity index (χ0n) is 11.6. The number of hydrogen-bond donors (Lipinski definition) is 1. The molecule has 0 amide bonds. The molecule has 1 N–H and O–H groups in total. The fraction of sp³-hybridized carbons (Fsp3) is 0.833. The third kappa shape index (κ3) is 5.83.